The minimum Gasteiger partial charge on any atom is -0.355 e. The standard InChI is InChI=1S/C34H36ClN3O4S/c1-4-36-34(40)32(22-27-10-6-5-7-11-27)37(23-28-18-14-25(2)15-19-28)33(39)24-38(31-13-9-8-12-30(31)35)43(41,42)29-20-16-26(3)17-21-29/h5-21,32H,4,22-24H2,1-3H3,(H,36,40)/t32-/m1/s1. The number of hydrogen-bond acceptors (Lipinski definition) is 4. The SMILES string of the molecule is CCNC(=O)[C@@H](Cc1ccccc1)N(Cc1ccc(C)cc1)C(=O)CN(c1ccccc1Cl)S(=O)(=O)c1ccc(C)cc1. The van der Waals surface area contributed by atoms with Gasteiger partial charge in [0.25, 0.3) is 10.0 Å². The molecule has 4 aromatic carbocycles. The number of benzene rings is 4. The molecule has 0 aliphatic rings. The van der Waals surface area contributed by atoms with Crippen molar-refractivity contribution in [2.45, 2.75) is 44.7 Å². The molecule has 2 amide bonds. The minimum absolute atomic E-state index is 0.0282. The van der Waals surface area contributed by atoms with E-state index in [2.05, 4.69) is 5.32 Å². The van der Waals surface area contributed by atoms with Gasteiger partial charge >= 0.3 is 0 Å². The highest BCUT2D eigenvalue weighted by atomic mass is 35.5. The van der Waals surface area contributed by atoms with Crippen LogP contribution in [-0.2, 0) is 32.6 Å². The second kappa shape index (κ2) is 14.4. The minimum atomic E-state index is -4.21. The Morgan fingerprint density at radius 1 is 0.791 bits per heavy atom. The molecule has 0 heterocycles. The van der Waals surface area contributed by atoms with Gasteiger partial charge in [0, 0.05) is 19.5 Å². The topological polar surface area (TPSA) is 86.8 Å². The number of hydrogen-bond donors (Lipinski definition) is 1. The molecule has 0 unspecified atom stereocenters. The summed E-state index contributed by atoms with van der Waals surface area (Å²) in [6.07, 6.45) is 0.251. The van der Waals surface area contributed by atoms with E-state index < -0.39 is 28.5 Å². The van der Waals surface area contributed by atoms with Gasteiger partial charge in [-0.25, -0.2) is 8.42 Å². The third kappa shape index (κ3) is 8.03. The Labute approximate surface area is 259 Å². The zero-order chi connectivity index (χ0) is 31.0. The van der Waals surface area contributed by atoms with Gasteiger partial charge in [-0.2, -0.15) is 0 Å². The molecular formula is C34H36ClN3O4S. The Bertz CT molecular complexity index is 1640. The fourth-order valence-electron chi connectivity index (χ4n) is 4.74. The van der Waals surface area contributed by atoms with Crippen LogP contribution in [0.5, 0.6) is 0 Å². The van der Waals surface area contributed by atoms with E-state index in [9.17, 15) is 18.0 Å². The van der Waals surface area contributed by atoms with E-state index in [-0.39, 0.29) is 34.5 Å². The number of aryl methyl sites for hydroxylation is 2. The number of carbonyl (C=O) groups is 2. The van der Waals surface area contributed by atoms with Crippen LogP contribution in [0.25, 0.3) is 0 Å². The summed E-state index contributed by atoms with van der Waals surface area (Å²) in [5.41, 5.74) is 3.81. The van der Waals surface area contributed by atoms with Gasteiger partial charge in [0.1, 0.15) is 12.6 Å². The maximum absolute atomic E-state index is 14.4. The van der Waals surface area contributed by atoms with E-state index in [1.165, 1.54) is 17.0 Å². The van der Waals surface area contributed by atoms with Crippen molar-refractivity contribution in [2.24, 2.45) is 0 Å². The summed E-state index contributed by atoms with van der Waals surface area (Å²) in [6.45, 7) is 5.58. The zero-order valence-electron chi connectivity index (χ0n) is 24.5. The zero-order valence-corrected chi connectivity index (χ0v) is 26.1. The monoisotopic (exact) mass is 617 g/mol. The van der Waals surface area contributed by atoms with E-state index in [4.69, 9.17) is 11.6 Å². The fraction of sp³-hybridized carbons (Fsp3) is 0.235. The van der Waals surface area contributed by atoms with Crippen LogP contribution in [0.15, 0.2) is 108 Å². The van der Waals surface area contributed by atoms with Crippen molar-refractivity contribution >= 4 is 39.1 Å². The first-order chi connectivity index (χ1) is 20.6. The summed E-state index contributed by atoms with van der Waals surface area (Å²) in [6, 6.07) is 29.2. The van der Waals surface area contributed by atoms with Gasteiger partial charge in [0.15, 0.2) is 0 Å². The third-order valence-corrected chi connectivity index (χ3v) is 9.20. The van der Waals surface area contributed by atoms with Crippen LogP contribution < -0.4 is 9.62 Å². The lowest BCUT2D eigenvalue weighted by Gasteiger charge is -2.34. The molecule has 7 nitrogen and oxygen atoms in total. The summed E-state index contributed by atoms with van der Waals surface area (Å²) >= 11 is 6.51. The van der Waals surface area contributed by atoms with E-state index >= 15 is 0 Å². The van der Waals surface area contributed by atoms with Gasteiger partial charge in [-0.1, -0.05) is 102 Å². The molecule has 4 rings (SSSR count). The second-order valence-corrected chi connectivity index (χ2v) is 12.7. The van der Waals surface area contributed by atoms with Crippen molar-refractivity contribution in [1.29, 1.82) is 0 Å². The molecule has 9 heteroatoms. The van der Waals surface area contributed by atoms with Gasteiger partial charge in [-0.3, -0.25) is 13.9 Å². The average Bonchev–Trinajstić information content (AvgIpc) is 3.00. The number of anilines is 1. The molecule has 43 heavy (non-hydrogen) atoms. The number of amides is 2. The summed E-state index contributed by atoms with van der Waals surface area (Å²) in [5, 5.41) is 3.05. The first kappa shape index (κ1) is 31.8. The van der Waals surface area contributed by atoms with Crippen molar-refractivity contribution in [3.05, 3.63) is 130 Å². The second-order valence-electron chi connectivity index (χ2n) is 10.4. The highest BCUT2D eigenvalue weighted by Crippen LogP contribution is 2.31. The van der Waals surface area contributed by atoms with Crippen LogP contribution in [0.1, 0.15) is 29.2 Å². The van der Waals surface area contributed by atoms with Crippen LogP contribution >= 0.6 is 11.6 Å². The predicted octanol–water partition coefficient (Wildman–Crippen LogP) is 5.93. The summed E-state index contributed by atoms with van der Waals surface area (Å²) in [5.74, 6) is -0.860. The molecule has 0 radical (unpaired) electrons. The molecule has 0 aromatic heterocycles. The van der Waals surface area contributed by atoms with Crippen LogP contribution in [-0.4, -0.2) is 44.3 Å². The predicted molar refractivity (Wildman–Crippen MR) is 172 cm³/mol. The van der Waals surface area contributed by atoms with E-state index in [0.717, 1.165) is 26.6 Å². The number of carbonyl (C=O) groups excluding carboxylic acids is 2. The fourth-order valence-corrected chi connectivity index (χ4v) is 6.46. The molecule has 0 aliphatic heterocycles. The van der Waals surface area contributed by atoms with Crippen LogP contribution in [0.2, 0.25) is 5.02 Å². The van der Waals surface area contributed by atoms with Crippen molar-refractivity contribution in [3.8, 4) is 0 Å². The number of para-hydroxylation sites is 1. The lowest BCUT2D eigenvalue weighted by molar-refractivity contribution is -0.140. The van der Waals surface area contributed by atoms with Gasteiger partial charge in [-0.15, -0.1) is 0 Å². The van der Waals surface area contributed by atoms with Crippen molar-refractivity contribution in [1.82, 2.24) is 10.2 Å². The van der Waals surface area contributed by atoms with Gasteiger partial charge in [-0.05, 0) is 56.2 Å². The summed E-state index contributed by atoms with van der Waals surface area (Å²) in [7, 11) is -4.21. The molecule has 0 saturated carbocycles. The van der Waals surface area contributed by atoms with Crippen LogP contribution in [0, 0.1) is 13.8 Å². The summed E-state index contributed by atoms with van der Waals surface area (Å²) < 4.78 is 29.2. The quantitative estimate of drug-likeness (QED) is 0.214. The van der Waals surface area contributed by atoms with Crippen LogP contribution in [0.4, 0.5) is 5.69 Å². The van der Waals surface area contributed by atoms with E-state index in [1.807, 2.05) is 75.4 Å². The molecule has 1 atom stereocenters. The van der Waals surface area contributed by atoms with Gasteiger partial charge in [0.2, 0.25) is 11.8 Å². The number of nitrogens with one attached hydrogen (secondary N) is 1. The average molecular weight is 618 g/mol. The number of sulfonamides is 1. The largest absolute Gasteiger partial charge is 0.355 e. The molecule has 4 aromatic rings. The molecule has 0 fully saturated rings. The molecule has 0 aliphatic carbocycles. The molecule has 0 bridgehead atoms. The molecule has 224 valence electrons. The van der Waals surface area contributed by atoms with Gasteiger partial charge in [0.05, 0.1) is 15.6 Å². The van der Waals surface area contributed by atoms with E-state index in [0.29, 0.717) is 6.54 Å². The molecular weight excluding hydrogens is 582 g/mol. The highest BCUT2D eigenvalue weighted by Gasteiger charge is 2.35. The Hall–Kier alpha value is -4.14. The number of rotatable bonds is 12. The molecule has 1 N–H and O–H groups in total. The number of halogens is 1. The van der Waals surface area contributed by atoms with Crippen molar-refractivity contribution in [2.75, 3.05) is 17.4 Å². The Morgan fingerprint density at radius 3 is 1.98 bits per heavy atom. The number of likely N-dealkylation sites (N-methyl/N-ethyl adjacent to an activating group) is 1. The molecule has 0 spiro atoms. The maximum atomic E-state index is 14.4. The normalized spacial score (nSPS) is 11.9. The first-order valence-electron chi connectivity index (χ1n) is 14.1. The van der Waals surface area contributed by atoms with Crippen molar-refractivity contribution < 1.29 is 18.0 Å². The lowest BCUT2D eigenvalue weighted by Crippen LogP contribution is -2.53. The van der Waals surface area contributed by atoms with Crippen LogP contribution in [0.3, 0.4) is 0 Å². The summed E-state index contributed by atoms with van der Waals surface area (Å²) in [4.78, 5) is 29.4. The third-order valence-electron chi connectivity index (χ3n) is 7.10. The van der Waals surface area contributed by atoms with Crippen molar-refractivity contribution in [3.63, 3.8) is 0 Å². The highest BCUT2D eigenvalue weighted by molar-refractivity contribution is 7.92. The Balaban J connectivity index is 1.80. The lowest BCUT2D eigenvalue weighted by atomic mass is 10.0. The maximum Gasteiger partial charge on any atom is 0.264 e. The van der Waals surface area contributed by atoms with Gasteiger partial charge < -0.3 is 10.2 Å². The Kier molecular flexibility index (Phi) is 10.6. The van der Waals surface area contributed by atoms with E-state index in [1.54, 1.807) is 36.4 Å². The Morgan fingerprint density at radius 2 is 1.37 bits per heavy atom. The smallest absolute Gasteiger partial charge is 0.264 e. The molecule has 0 saturated heterocycles. The first-order valence-corrected chi connectivity index (χ1v) is 15.9. The number of nitrogens with zero attached hydrogens (tertiary/aromatic N) is 2.